The van der Waals surface area contributed by atoms with Crippen LogP contribution in [0.1, 0.15) is 11.3 Å². The molecule has 5 aromatic rings. The summed E-state index contributed by atoms with van der Waals surface area (Å²) in [4.78, 5) is 9.49. The fourth-order valence-corrected chi connectivity index (χ4v) is 3.83. The van der Waals surface area contributed by atoms with E-state index in [1.165, 1.54) is 0 Å². The number of imidazole rings is 1. The highest BCUT2D eigenvalue weighted by atomic mass is 16.5. The summed E-state index contributed by atoms with van der Waals surface area (Å²) in [5.41, 5.74) is 6.92. The maximum Gasteiger partial charge on any atom is 0.158 e. The number of fused-ring (bicyclic) bond motifs is 3. The molecule has 0 unspecified atom stereocenters. The molecule has 0 aliphatic carbocycles. The van der Waals surface area contributed by atoms with Crippen molar-refractivity contribution in [3.8, 4) is 17.0 Å². The Labute approximate surface area is 166 Å². The van der Waals surface area contributed by atoms with Crippen LogP contribution in [0.3, 0.4) is 0 Å². The molecule has 0 amide bonds. The number of hydrogen-bond donors (Lipinski definition) is 2. The first kappa shape index (κ1) is 16.1. The summed E-state index contributed by atoms with van der Waals surface area (Å²) < 4.78 is 7.82. The van der Waals surface area contributed by atoms with E-state index in [0.29, 0.717) is 13.0 Å². The molecule has 0 spiro atoms. The SMILES string of the molecule is c1cn2cc(-c3ccc4cn[nH]c4c3)nc(Cc3ccc4c(c3)OCCN4)c2n1. The van der Waals surface area contributed by atoms with E-state index in [2.05, 4.69) is 56.9 Å². The Balaban J connectivity index is 1.43. The van der Waals surface area contributed by atoms with E-state index in [1.54, 1.807) is 0 Å². The van der Waals surface area contributed by atoms with Crippen molar-refractivity contribution in [3.05, 3.63) is 72.4 Å². The predicted molar refractivity (Wildman–Crippen MR) is 111 cm³/mol. The van der Waals surface area contributed by atoms with E-state index >= 15 is 0 Å². The van der Waals surface area contributed by atoms with Crippen LogP contribution in [0.5, 0.6) is 5.75 Å². The molecule has 2 aromatic carbocycles. The van der Waals surface area contributed by atoms with Crippen molar-refractivity contribution in [1.82, 2.24) is 24.6 Å². The van der Waals surface area contributed by atoms with E-state index in [1.807, 2.05) is 29.2 Å². The summed E-state index contributed by atoms with van der Waals surface area (Å²) >= 11 is 0. The zero-order valence-corrected chi connectivity index (χ0v) is 15.6. The topological polar surface area (TPSA) is 80.1 Å². The summed E-state index contributed by atoms with van der Waals surface area (Å²) in [6, 6.07) is 12.5. The lowest BCUT2D eigenvalue weighted by Gasteiger charge is -2.19. The molecule has 4 heterocycles. The van der Waals surface area contributed by atoms with Crippen molar-refractivity contribution in [3.63, 3.8) is 0 Å². The summed E-state index contributed by atoms with van der Waals surface area (Å²) in [5.74, 6) is 0.897. The lowest BCUT2D eigenvalue weighted by molar-refractivity contribution is 0.323. The van der Waals surface area contributed by atoms with Gasteiger partial charge in [0, 0.05) is 42.5 Å². The largest absolute Gasteiger partial charge is 0.490 e. The highest BCUT2D eigenvalue weighted by molar-refractivity contribution is 5.83. The third-order valence-electron chi connectivity index (χ3n) is 5.27. The number of rotatable bonds is 3. The molecule has 6 rings (SSSR count). The highest BCUT2D eigenvalue weighted by Gasteiger charge is 2.14. The predicted octanol–water partition coefficient (Wildman–Crippen LogP) is 3.67. The van der Waals surface area contributed by atoms with Gasteiger partial charge in [0.25, 0.3) is 0 Å². The van der Waals surface area contributed by atoms with Gasteiger partial charge in [-0.25, -0.2) is 9.97 Å². The van der Waals surface area contributed by atoms with Crippen LogP contribution in [-0.2, 0) is 6.42 Å². The number of aromatic nitrogens is 5. The fourth-order valence-electron chi connectivity index (χ4n) is 3.83. The van der Waals surface area contributed by atoms with Gasteiger partial charge in [-0.1, -0.05) is 18.2 Å². The summed E-state index contributed by atoms with van der Waals surface area (Å²) in [7, 11) is 0. The average Bonchev–Trinajstić information content (AvgIpc) is 3.42. The fraction of sp³-hybridized carbons (Fsp3) is 0.136. The number of nitrogens with zero attached hydrogens (tertiary/aromatic N) is 4. The lowest BCUT2D eigenvalue weighted by atomic mass is 10.1. The highest BCUT2D eigenvalue weighted by Crippen LogP contribution is 2.30. The second-order valence-corrected chi connectivity index (χ2v) is 7.19. The number of hydrogen-bond acceptors (Lipinski definition) is 5. The molecule has 0 radical (unpaired) electrons. The van der Waals surface area contributed by atoms with Crippen LogP contribution < -0.4 is 10.1 Å². The molecule has 7 nitrogen and oxygen atoms in total. The van der Waals surface area contributed by atoms with E-state index in [0.717, 1.165) is 57.0 Å². The first-order valence-corrected chi connectivity index (χ1v) is 9.59. The number of benzene rings is 2. The van der Waals surface area contributed by atoms with Gasteiger partial charge in [-0.05, 0) is 23.8 Å². The van der Waals surface area contributed by atoms with Gasteiger partial charge in [0.2, 0.25) is 0 Å². The lowest BCUT2D eigenvalue weighted by Crippen LogP contribution is -2.18. The van der Waals surface area contributed by atoms with Crippen molar-refractivity contribution in [2.75, 3.05) is 18.5 Å². The molecule has 3 aromatic heterocycles. The van der Waals surface area contributed by atoms with Gasteiger partial charge in [0.15, 0.2) is 5.65 Å². The molecule has 2 N–H and O–H groups in total. The van der Waals surface area contributed by atoms with E-state index in [4.69, 9.17) is 9.72 Å². The van der Waals surface area contributed by atoms with Crippen molar-refractivity contribution in [2.45, 2.75) is 6.42 Å². The van der Waals surface area contributed by atoms with Gasteiger partial charge < -0.3 is 14.5 Å². The van der Waals surface area contributed by atoms with Crippen molar-refractivity contribution in [1.29, 1.82) is 0 Å². The van der Waals surface area contributed by atoms with Gasteiger partial charge in [-0.2, -0.15) is 5.10 Å². The smallest absolute Gasteiger partial charge is 0.158 e. The van der Waals surface area contributed by atoms with Gasteiger partial charge in [-0.15, -0.1) is 0 Å². The second-order valence-electron chi connectivity index (χ2n) is 7.19. The third-order valence-corrected chi connectivity index (χ3v) is 5.27. The quantitative estimate of drug-likeness (QED) is 0.498. The molecule has 0 atom stereocenters. The zero-order chi connectivity index (χ0) is 19.2. The molecule has 0 saturated heterocycles. The van der Waals surface area contributed by atoms with Crippen molar-refractivity contribution >= 4 is 22.2 Å². The molecule has 7 heteroatoms. The van der Waals surface area contributed by atoms with Gasteiger partial charge in [-0.3, -0.25) is 5.10 Å². The minimum Gasteiger partial charge on any atom is -0.490 e. The first-order chi connectivity index (χ1) is 14.3. The number of anilines is 1. The Hall–Kier alpha value is -3.87. The Morgan fingerprint density at radius 1 is 1.14 bits per heavy atom. The van der Waals surface area contributed by atoms with Crippen LogP contribution in [0.2, 0.25) is 0 Å². The molecular formula is C22H18N6O. The summed E-state index contributed by atoms with van der Waals surface area (Å²) in [6.07, 6.45) is 8.28. The second kappa shape index (κ2) is 6.34. The molecule has 29 heavy (non-hydrogen) atoms. The normalized spacial score (nSPS) is 13.2. The molecule has 1 aliphatic rings. The van der Waals surface area contributed by atoms with E-state index in [9.17, 15) is 0 Å². The van der Waals surface area contributed by atoms with Crippen LogP contribution >= 0.6 is 0 Å². The molecule has 0 bridgehead atoms. The van der Waals surface area contributed by atoms with Crippen LogP contribution in [-0.4, -0.2) is 37.7 Å². The van der Waals surface area contributed by atoms with Crippen LogP contribution in [0.4, 0.5) is 5.69 Å². The van der Waals surface area contributed by atoms with Gasteiger partial charge >= 0.3 is 0 Å². The molecular weight excluding hydrogens is 364 g/mol. The Kier molecular flexibility index (Phi) is 3.52. The molecule has 142 valence electrons. The number of nitrogens with one attached hydrogen (secondary N) is 2. The monoisotopic (exact) mass is 382 g/mol. The van der Waals surface area contributed by atoms with Crippen molar-refractivity contribution in [2.24, 2.45) is 0 Å². The minimum atomic E-state index is 0.678. The molecule has 0 saturated carbocycles. The van der Waals surface area contributed by atoms with Crippen LogP contribution in [0.15, 0.2) is 61.2 Å². The summed E-state index contributed by atoms with van der Waals surface area (Å²) in [6.45, 7) is 1.52. The molecule has 0 fully saturated rings. The molecule has 1 aliphatic heterocycles. The van der Waals surface area contributed by atoms with Crippen molar-refractivity contribution < 1.29 is 4.74 Å². The first-order valence-electron chi connectivity index (χ1n) is 9.59. The average molecular weight is 382 g/mol. The Morgan fingerprint density at radius 2 is 2.14 bits per heavy atom. The Morgan fingerprint density at radius 3 is 3.14 bits per heavy atom. The van der Waals surface area contributed by atoms with E-state index < -0.39 is 0 Å². The van der Waals surface area contributed by atoms with Crippen LogP contribution in [0, 0.1) is 0 Å². The van der Waals surface area contributed by atoms with Crippen LogP contribution in [0.25, 0.3) is 27.8 Å². The maximum atomic E-state index is 5.79. The zero-order valence-electron chi connectivity index (χ0n) is 15.6. The Bertz CT molecular complexity index is 1350. The number of H-pyrrole nitrogens is 1. The minimum absolute atomic E-state index is 0.678. The number of aromatic amines is 1. The summed E-state index contributed by atoms with van der Waals surface area (Å²) in [5, 5.41) is 11.6. The third kappa shape index (κ3) is 2.79. The standard InChI is InChI=1S/C22H18N6O/c1-4-17-21(29-8-6-23-17)10-14(1)9-19-22-24-5-7-28(22)13-20(26-19)15-2-3-16-12-25-27-18(16)11-15/h1-5,7,10-13,23H,6,8-9H2,(H,25,27). The maximum absolute atomic E-state index is 5.79. The van der Waals surface area contributed by atoms with Gasteiger partial charge in [0.1, 0.15) is 12.4 Å². The number of ether oxygens (including phenoxy) is 1. The van der Waals surface area contributed by atoms with E-state index in [-0.39, 0.29) is 0 Å². The van der Waals surface area contributed by atoms with Gasteiger partial charge in [0.05, 0.1) is 28.8 Å².